The lowest BCUT2D eigenvalue weighted by atomic mass is 9.92. The Kier molecular flexibility index (Phi) is 7.25. The number of methoxy groups -OCH3 is 1. The standard InChI is InChI=1S/C30H32F2N4O3/c1-19-13-22(17-33-28(19)39-3)29(38)36-11-9-30(10-12-36)16-25(30)34-27(37)21-14-23(31)26(24(32)15-21)35(2)18-20-7-5-4-6-8-20/h4-8,13-15,17,25H,9-12,16,18H2,1-3H3,(H,34,37). The number of aryl methyl sites for hydroxylation is 1. The second kappa shape index (κ2) is 10.6. The Morgan fingerprint density at radius 1 is 1.10 bits per heavy atom. The highest BCUT2D eigenvalue weighted by Crippen LogP contribution is 2.54. The van der Waals surface area contributed by atoms with Crippen LogP contribution in [0.25, 0.3) is 0 Å². The van der Waals surface area contributed by atoms with E-state index in [1.54, 1.807) is 25.1 Å². The monoisotopic (exact) mass is 534 g/mol. The van der Waals surface area contributed by atoms with Gasteiger partial charge in [0.15, 0.2) is 0 Å². The van der Waals surface area contributed by atoms with E-state index in [2.05, 4.69) is 10.3 Å². The summed E-state index contributed by atoms with van der Waals surface area (Å²) in [6.45, 7) is 3.32. The van der Waals surface area contributed by atoms with Crippen molar-refractivity contribution >= 4 is 17.5 Å². The normalized spacial score (nSPS) is 17.6. The number of likely N-dealkylation sites (tertiary alicyclic amines) is 1. The fraction of sp³-hybridized carbons (Fsp3) is 0.367. The van der Waals surface area contributed by atoms with Gasteiger partial charge in [0.25, 0.3) is 11.8 Å². The molecule has 1 aliphatic carbocycles. The number of halogens is 2. The van der Waals surface area contributed by atoms with Crippen molar-refractivity contribution in [2.75, 3.05) is 32.1 Å². The van der Waals surface area contributed by atoms with E-state index in [0.29, 0.717) is 31.1 Å². The maximum atomic E-state index is 14.9. The van der Waals surface area contributed by atoms with Crippen molar-refractivity contribution < 1.29 is 23.1 Å². The molecule has 0 radical (unpaired) electrons. The van der Waals surface area contributed by atoms with E-state index >= 15 is 0 Å². The molecule has 2 amide bonds. The minimum absolute atomic E-state index is 0.0427. The number of aromatic nitrogens is 1. The van der Waals surface area contributed by atoms with Gasteiger partial charge in [-0.15, -0.1) is 0 Å². The fourth-order valence-corrected chi connectivity index (χ4v) is 5.57. The summed E-state index contributed by atoms with van der Waals surface area (Å²) in [5.41, 5.74) is 1.94. The molecule has 9 heteroatoms. The lowest BCUT2D eigenvalue weighted by Gasteiger charge is -2.33. The number of pyridine rings is 1. The molecule has 2 aromatic carbocycles. The van der Waals surface area contributed by atoms with Crippen LogP contribution in [-0.4, -0.2) is 55.0 Å². The summed E-state index contributed by atoms with van der Waals surface area (Å²) in [4.78, 5) is 33.4. The van der Waals surface area contributed by atoms with Crippen LogP contribution in [0.5, 0.6) is 5.88 Å². The predicted molar refractivity (Wildman–Crippen MR) is 144 cm³/mol. The van der Waals surface area contributed by atoms with Crippen molar-refractivity contribution in [2.24, 2.45) is 5.41 Å². The molecule has 2 aliphatic rings. The Hall–Kier alpha value is -4.01. The zero-order chi connectivity index (χ0) is 27.7. The second-order valence-corrected chi connectivity index (χ2v) is 10.6. The molecule has 1 saturated carbocycles. The van der Waals surface area contributed by atoms with Gasteiger partial charge in [-0.05, 0) is 55.4 Å². The molecular weight excluding hydrogens is 502 g/mol. The molecule has 5 rings (SSSR count). The van der Waals surface area contributed by atoms with Crippen LogP contribution in [0.1, 0.15) is 51.1 Å². The number of hydrogen-bond acceptors (Lipinski definition) is 5. The van der Waals surface area contributed by atoms with Crippen LogP contribution in [0.3, 0.4) is 0 Å². The van der Waals surface area contributed by atoms with Crippen LogP contribution in [-0.2, 0) is 6.54 Å². The van der Waals surface area contributed by atoms with Crippen molar-refractivity contribution in [3.05, 3.63) is 88.6 Å². The molecular formula is C30H32F2N4O3. The van der Waals surface area contributed by atoms with E-state index in [1.807, 2.05) is 37.3 Å². The first-order valence-corrected chi connectivity index (χ1v) is 13.1. The fourth-order valence-electron chi connectivity index (χ4n) is 5.57. The Bertz CT molecular complexity index is 1370. The minimum atomic E-state index is -0.779. The number of ether oxygens (including phenoxy) is 1. The zero-order valence-electron chi connectivity index (χ0n) is 22.3. The summed E-state index contributed by atoms with van der Waals surface area (Å²) in [6, 6.07) is 13.3. The number of nitrogens with zero attached hydrogens (tertiary/aromatic N) is 3. The van der Waals surface area contributed by atoms with Gasteiger partial charge in [-0.1, -0.05) is 30.3 Å². The van der Waals surface area contributed by atoms with Crippen LogP contribution in [0, 0.1) is 24.0 Å². The van der Waals surface area contributed by atoms with Gasteiger partial charge in [-0.3, -0.25) is 9.59 Å². The highest BCUT2D eigenvalue weighted by atomic mass is 19.1. The lowest BCUT2D eigenvalue weighted by Crippen LogP contribution is -2.41. The van der Waals surface area contributed by atoms with E-state index < -0.39 is 17.5 Å². The van der Waals surface area contributed by atoms with Crippen LogP contribution < -0.4 is 15.0 Å². The third-order valence-corrected chi connectivity index (χ3v) is 7.94. The summed E-state index contributed by atoms with van der Waals surface area (Å²) in [7, 11) is 3.16. The summed E-state index contributed by atoms with van der Waals surface area (Å²) in [5.74, 6) is -1.63. The predicted octanol–water partition coefficient (Wildman–Crippen LogP) is 4.74. The van der Waals surface area contributed by atoms with Crippen molar-refractivity contribution in [1.82, 2.24) is 15.2 Å². The summed E-state index contributed by atoms with van der Waals surface area (Å²) >= 11 is 0. The van der Waals surface area contributed by atoms with E-state index in [4.69, 9.17) is 4.74 Å². The van der Waals surface area contributed by atoms with Crippen molar-refractivity contribution in [1.29, 1.82) is 0 Å². The van der Waals surface area contributed by atoms with Crippen molar-refractivity contribution in [3.8, 4) is 5.88 Å². The van der Waals surface area contributed by atoms with Gasteiger partial charge in [0, 0.05) is 50.0 Å². The van der Waals surface area contributed by atoms with Gasteiger partial charge in [0.2, 0.25) is 5.88 Å². The van der Waals surface area contributed by atoms with Crippen LogP contribution in [0.2, 0.25) is 0 Å². The van der Waals surface area contributed by atoms with Crippen LogP contribution in [0.4, 0.5) is 14.5 Å². The SMILES string of the molecule is COc1ncc(C(=O)N2CCC3(CC2)CC3NC(=O)c2cc(F)c(N(C)Cc3ccccc3)c(F)c2)cc1C. The minimum Gasteiger partial charge on any atom is -0.481 e. The maximum Gasteiger partial charge on any atom is 0.255 e. The molecule has 1 aromatic heterocycles. The number of nitrogens with one attached hydrogen (secondary N) is 1. The Morgan fingerprint density at radius 2 is 1.77 bits per heavy atom. The average Bonchev–Trinajstić information content (AvgIpc) is 3.58. The maximum absolute atomic E-state index is 14.9. The second-order valence-electron chi connectivity index (χ2n) is 10.6. The number of carbonyl (C=O) groups excluding carboxylic acids is 2. The molecule has 1 aliphatic heterocycles. The molecule has 39 heavy (non-hydrogen) atoms. The highest BCUT2D eigenvalue weighted by molar-refractivity contribution is 5.95. The third kappa shape index (κ3) is 5.44. The van der Waals surface area contributed by atoms with Crippen molar-refractivity contribution in [2.45, 2.75) is 38.8 Å². The summed E-state index contributed by atoms with van der Waals surface area (Å²) in [6.07, 6.45) is 3.81. The first kappa shape index (κ1) is 26.6. The van der Waals surface area contributed by atoms with E-state index in [9.17, 15) is 18.4 Å². The molecule has 2 fully saturated rings. The molecule has 3 aromatic rings. The summed E-state index contributed by atoms with van der Waals surface area (Å²) < 4.78 is 35.1. The van der Waals surface area contributed by atoms with Gasteiger partial charge >= 0.3 is 0 Å². The number of amides is 2. The molecule has 2 heterocycles. The van der Waals surface area contributed by atoms with Gasteiger partial charge in [0.05, 0.1) is 12.7 Å². The molecule has 1 saturated heterocycles. The largest absolute Gasteiger partial charge is 0.481 e. The Morgan fingerprint density at radius 3 is 2.38 bits per heavy atom. The molecule has 0 bridgehead atoms. The molecule has 7 nitrogen and oxygen atoms in total. The number of piperidine rings is 1. The molecule has 204 valence electrons. The molecule has 1 spiro atoms. The first-order chi connectivity index (χ1) is 18.7. The number of benzene rings is 2. The van der Waals surface area contributed by atoms with E-state index in [0.717, 1.165) is 42.5 Å². The number of anilines is 1. The zero-order valence-corrected chi connectivity index (χ0v) is 22.3. The first-order valence-electron chi connectivity index (χ1n) is 13.1. The number of rotatable bonds is 7. The average molecular weight is 535 g/mol. The van der Waals surface area contributed by atoms with Crippen LogP contribution in [0.15, 0.2) is 54.7 Å². The lowest BCUT2D eigenvalue weighted by molar-refractivity contribution is 0.0667. The van der Waals surface area contributed by atoms with Gasteiger partial charge in [-0.25, -0.2) is 13.8 Å². The highest BCUT2D eigenvalue weighted by Gasteiger charge is 2.56. The summed E-state index contributed by atoms with van der Waals surface area (Å²) in [5, 5.41) is 2.96. The van der Waals surface area contributed by atoms with Gasteiger partial charge in [-0.2, -0.15) is 0 Å². The quantitative estimate of drug-likeness (QED) is 0.474. The molecule has 1 unspecified atom stereocenters. The number of hydrogen-bond donors (Lipinski definition) is 1. The van der Waals surface area contributed by atoms with E-state index in [-0.39, 0.29) is 28.6 Å². The van der Waals surface area contributed by atoms with Gasteiger partial charge < -0.3 is 19.9 Å². The smallest absolute Gasteiger partial charge is 0.255 e. The van der Waals surface area contributed by atoms with Gasteiger partial charge in [0.1, 0.15) is 17.3 Å². The number of carbonyl (C=O) groups is 2. The molecule has 1 atom stereocenters. The van der Waals surface area contributed by atoms with Crippen molar-refractivity contribution in [3.63, 3.8) is 0 Å². The van der Waals surface area contributed by atoms with Crippen LogP contribution >= 0.6 is 0 Å². The van der Waals surface area contributed by atoms with E-state index in [1.165, 1.54) is 11.1 Å². The topological polar surface area (TPSA) is 74.8 Å². The third-order valence-electron chi connectivity index (χ3n) is 7.94. The Labute approximate surface area is 226 Å². The Balaban J connectivity index is 1.17. The molecule has 1 N–H and O–H groups in total.